The molecule has 1 aromatic carbocycles. The van der Waals surface area contributed by atoms with Crippen LogP contribution >= 0.6 is 0 Å². The van der Waals surface area contributed by atoms with Gasteiger partial charge in [-0.3, -0.25) is 0 Å². The van der Waals surface area contributed by atoms with Gasteiger partial charge in [0.05, 0.1) is 18.8 Å². The van der Waals surface area contributed by atoms with Crippen LogP contribution in [0.25, 0.3) is 0 Å². The SMILES string of the molecule is C[C@@]12CCc3ccccc3COC[C@H]1O2. The number of ether oxygens (including phenoxy) is 2. The first-order chi connectivity index (χ1) is 7.28. The predicted molar refractivity (Wildman–Crippen MR) is 57.7 cm³/mol. The largest absolute Gasteiger partial charge is 0.374 e. The molecule has 2 heteroatoms. The standard InChI is InChI=1S/C13H16O2/c1-13-7-6-10-4-2-3-5-11(10)8-14-9-12(13)15-13/h2-5,12H,6-9H2,1H3/t12-,13-/m1/s1. The molecule has 0 bridgehead atoms. The third-order valence-electron chi connectivity index (χ3n) is 3.57. The van der Waals surface area contributed by atoms with Crippen molar-refractivity contribution in [3.8, 4) is 0 Å². The summed E-state index contributed by atoms with van der Waals surface area (Å²) in [7, 11) is 0. The highest BCUT2D eigenvalue weighted by molar-refractivity contribution is 5.27. The molecule has 1 fully saturated rings. The zero-order valence-corrected chi connectivity index (χ0v) is 9.03. The first-order valence-electron chi connectivity index (χ1n) is 5.60. The molecule has 3 rings (SSSR count). The summed E-state index contributed by atoms with van der Waals surface area (Å²) in [6.07, 6.45) is 2.54. The van der Waals surface area contributed by atoms with Gasteiger partial charge >= 0.3 is 0 Å². The van der Waals surface area contributed by atoms with E-state index < -0.39 is 0 Å². The van der Waals surface area contributed by atoms with Crippen LogP contribution in [0.2, 0.25) is 0 Å². The Kier molecular flexibility index (Phi) is 2.08. The summed E-state index contributed by atoms with van der Waals surface area (Å²) < 4.78 is 11.3. The smallest absolute Gasteiger partial charge is 0.110 e. The highest BCUT2D eigenvalue weighted by Gasteiger charge is 2.51. The molecule has 2 nitrogen and oxygen atoms in total. The van der Waals surface area contributed by atoms with Gasteiger partial charge < -0.3 is 9.47 Å². The number of rotatable bonds is 0. The lowest BCUT2D eigenvalue weighted by atomic mass is 9.96. The number of hydrogen-bond donors (Lipinski definition) is 0. The fourth-order valence-electron chi connectivity index (χ4n) is 2.32. The third kappa shape index (κ3) is 1.68. The van der Waals surface area contributed by atoms with Crippen LogP contribution < -0.4 is 0 Å². The Balaban J connectivity index is 1.85. The van der Waals surface area contributed by atoms with E-state index in [1.54, 1.807) is 0 Å². The topological polar surface area (TPSA) is 21.8 Å². The van der Waals surface area contributed by atoms with Gasteiger partial charge in [-0.2, -0.15) is 0 Å². The molecule has 0 radical (unpaired) electrons. The Labute approximate surface area is 90.2 Å². The van der Waals surface area contributed by atoms with Crippen molar-refractivity contribution < 1.29 is 9.47 Å². The van der Waals surface area contributed by atoms with Crippen LogP contribution in [0.15, 0.2) is 24.3 Å². The molecule has 15 heavy (non-hydrogen) atoms. The molecule has 2 heterocycles. The monoisotopic (exact) mass is 204 g/mol. The number of hydrogen-bond acceptors (Lipinski definition) is 2. The van der Waals surface area contributed by atoms with Crippen LogP contribution in [0, 0.1) is 0 Å². The Morgan fingerprint density at radius 3 is 2.93 bits per heavy atom. The van der Waals surface area contributed by atoms with Gasteiger partial charge in [-0.25, -0.2) is 0 Å². The molecule has 0 saturated carbocycles. The number of epoxide rings is 1. The molecule has 0 spiro atoms. The van der Waals surface area contributed by atoms with Gasteiger partial charge in [0.2, 0.25) is 0 Å². The van der Waals surface area contributed by atoms with Crippen molar-refractivity contribution in [2.24, 2.45) is 0 Å². The van der Waals surface area contributed by atoms with Crippen molar-refractivity contribution in [2.45, 2.75) is 38.1 Å². The first-order valence-corrected chi connectivity index (χ1v) is 5.60. The van der Waals surface area contributed by atoms with Crippen molar-refractivity contribution in [2.75, 3.05) is 6.61 Å². The van der Waals surface area contributed by atoms with E-state index in [9.17, 15) is 0 Å². The quantitative estimate of drug-likeness (QED) is 0.605. The van der Waals surface area contributed by atoms with E-state index in [-0.39, 0.29) is 5.60 Å². The van der Waals surface area contributed by atoms with Gasteiger partial charge in [0.1, 0.15) is 6.10 Å². The van der Waals surface area contributed by atoms with Gasteiger partial charge in [-0.1, -0.05) is 24.3 Å². The first kappa shape index (κ1) is 9.37. The maximum Gasteiger partial charge on any atom is 0.110 e. The summed E-state index contributed by atoms with van der Waals surface area (Å²) >= 11 is 0. The Hall–Kier alpha value is -0.860. The molecule has 0 aromatic heterocycles. The second kappa shape index (κ2) is 3.32. The lowest BCUT2D eigenvalue weighted by molar-refractivity contribution is 0.103. The number of aryl methyl sites for hydroxylation is 1. The minimum atomic E-state index is 0.0808. The third-order valence-corrected chi connectivity index (χ3v) is 3.57. The van der Waals surface area contributed by atoms with Gasteiger partial charge in [-0.15, -0.1) is 0 Å². The summed E-state index contributed by atoms with van der Waals surface area (Å²) in [5.41, 5.74) is 2.83. The second-order valence-corrected chi connectivity index (χ2v) is 4.70. The van der Waals surface area contributed by atoms with Crippen molar-refractivity contribution >= 4 is 0 Å². The molecule has 2 aliphatic heterocycles. The maximum absolute atomic E-state index is 5.68. The summed E-state index contributed by atoms with van der Waals surface area (Å²) in [5, 5.41) is 0. The molecule has 0 unspecified atom stereocenters. The molecular formula is C13H16O2. The summed E-state index contributed by atoms with van der Waals surface area (Å²) in [6, 6.07) is 8.55. The van der Waals surface area contributed by atoms with Gasteiger partial charge in [0.25, 0.3) is 0 Å². The summed E-state index contributed by atoms with van der Waals surface area (Å²) in [5.74, 6) is 0. The highest BCUT2D eigenvalue weighted by Crippen LogP contribution is 2.41. The van der Waals surface area contributed by atoms with E-state index in [0.29, 0.717) is 6.10 Å². The fourth-order valence-corrected chi connectivity index (χ4v) is 2.32. The van der Waals surface area contributed by atoms with Crippen molar-refractivity contribution in [3.05, 3.63) is 35.4 Å². The second-order valence-electron chi connectivity index (χ2n) is 4.70. The van der Waals surface area contributed by atoms with Crippen molar-refractivity contribution in [3.63, 3.8) is 0 Å². The average molecular weight is 204 g/mol. The van der Waals surface area contributed by atoms with Gasteiger partial charge in [0.15, 0.2) is 0 Å². The Morgan fingerprint density at radius 2 is 2.07 bits per heavy atom. The molecule has 1 aromatic rings. The Morgan fingerprint density at radius 1 is 1.27 bits per heavy atom. The van der Waals surface area contributed by atoms with E-state index >= 15 is 0 Å². The number of fused-ring (bicyclic) bond motifs is 2. The molecule has 1 saturated heterocycles. The van der Waals surface area contributed by atoms with Crippen LogP contribution in [-0.2, 0) is 22.5 Å². The normalized spacial score (nSPS) is 34.3. The summed E-state index contributed by atoms with van der Waals surface area (Å²) in [6.45, 7) is 3.66. The minimum Gasteiger partial charge on any atom is -0.374 e. The zero-order valence-electron chi connectivity index (χ0n) is 9.03. The van der Waals surface area contributed by atoms with Gasteiger partial charge in [-0.05, 0) is 30.9 Å². The highest BCUT2D eigenvalue weighted by atomic mass is 16.6. The molecule has 2 aliphatic rings. The van der Waals surface area contributed by atoms with E-state index in [4.69, 9.17) is 9.47 Å². The molecule has 0 amide bonds. The molecule has 2 atom stereocenters. The van der Waals surface area contributed by atoms with Crippen LogP contribution in [0.4, 0.5) is 0 Å². The van der Waals surface area contributed by atoms with Crippen molar-refractivity contribution in [1.82, 2.24) is 0 Å². The van der Waals surface area contributed by atoms with Crippen LogP contribution in [0.5, 0.6) is 0 Å². The molecule has 80 valence electrons. The predicted octanol–water partition coefficient (Wildman–Crippen LogP) is 2.31. The fraction of sp³-hybridized carbons (Fsp3) is 0.538. The van der Waals surface area contributed by atoms with Crippen LogP contribution in [-0.4, -0.2) is 18.3 Å². The van der Waals surface area contributed by atoms with E-state index in [0.717, 1.165) is 26.1 Å². The lowest BCUT2D eigenvalue weighted by Crippen LogP contribution is -2.13. The molecular weight excluding hydrogens is 188 g/mol. The zero-order chi connectivity index (χ0) is 10.3. The lowest BCUT2D eigenvalue weighted by Gasteiger charge is -2.08. The molecule has 0 aliphatic carbocycles. The van der Waals surface area contributed by atoms with Crippen molar-refractivity contribution in [1.29, 1.82) is 0 Å². The van der Waals surface area contributed by atoms with E-state index in [2.05, 4.69) is 31.2 Å². The van der Waals surface area contributed by atoms with Gasteiger partial charge in [0, 0.05) is 0 Å². The van der Waals surface area contributed by atoms with Crippen LogP contribution in [0.1, 0.15) is 24.5 Å². The number of benzene rings is 1. The van der Waals surface area contributed by atoms with E-state index in [1.807, 2.05) is 0 Å². The Bertz CT molecular complexity index is 375. The van der Waals surface area contributed by atoms with E-state index in [1.165, 1.54) is 11.1 Å². The average Bonchev–Trinajstić information content (AvgIpc) is 2.88. The maximum atomic E-state index is 5.68. The molecule has 0 N–H and O–H groups in total. The summed E-state index contributed by atoms with van der Waals surface area (Å²) in [4.78, 5) is 0. The minimum absolute atomic E-state index is 0.0808. The van der Waals surface area contributed by atoms with Crippen LogP contribution in [0.3, 0.4) is 0 Å².